The van der Waals surface area contributed by atoms with Crippen molar-refractivity contribution in [3.05, 3.63) is 27.3 Å². The van der Waals surface area contributed by atoms with Gasteiger partial charge >= 0.3 is 29.6 Å². The Hall–Kier alpha value is 0.620. The van der Waals surface area contributed by atoms with Crippen molar-refractivity contribution < 1.29 is 34.1 Å². The van der Waals surface area contributed by atoms with Crippen LogP contribution in [0.3, 0.4) is 0 Å². The Morgan fingerprint density at radius 2 is 2.06 bits per heavy atom. The fraction of sp³-hybridized carbons (Fsp3) is 0.500. The smallest absolute Gasteiger partial charge is 0.222 e. The molecular weight excluding hydrogens is 336 g/mol. The molecule has 0 aromatic heterocycles. The van der Waals surface area contributed by atoms with E-state index in [9.17, 15) is 0 Å². The molecule has 1 aromatic carbocycles. The van der Waals surface area contributed by atoms with Crippen molar-refractivity contribution in [3.63, 3.8) is 0 Å². The van der Waals surface area contributed by atoms with E-state index in [1.54, 1.807) is 0 Å². The Labute approximate surface area is 140 Å². The molecule has 0 saturated heterocycles. The molecule has 1 heterocycles. The second kappa shape index (κ2) is 5.72. The minimum atomic E-state index is 0. The molecule has 0 fully saturated rings. The van der Waals surface area contributed by atoms with Crippen LogP contribution in [0.5, 0.6) is 0 Å². The standard InChI is InChI=1S/C14H18IN.Na/c1-5-9-16-10(2)14(3,4)13-11(15)7-6-8-12(13)16;/h6,8H,5,9H2,1-4H3;/q;+1/i15+4;. The molecular formula is C14H18INNa+. The molecule has 2 rings (SSSR count). The number of nitrogens with zero attached hydrogens (tertiary/aromatic N) is 1. The second-order valence-corrected chi connectivity index (χ2v) is 5.99. The molecule has 0 atom stereocenters. The van der Waals surface area contributed by atoms with Gasteiger partial charge in [-0.2, -0.15) is 12.1 Å². The average molecular weight is 354 g/mol. The molecule has 3 heteroatoms. The van der Waals surface area contributed by atoms with E-state index in [0.717, 1.165) is 6.54 Å². The van der Waals surface area contributed by atoms with Crippen LogP contribution in [0.25, 0.3) is 0 Å². The molecule has 0 amide bonds. The van der Waals surface area contributed by atoms with Crippen molar-refractivity contribution in [2.24, 2.45) is 0 Å². The van der Waals surface area contributed by atoms with Gasteiger partial charge in [0, 0.05) is 18.8 Å². The van der Waals surface area contributed by atoms with Gasteiger partial charge in [-0.1, -0.05) is 52.5 Å². The van der Waals surface area contributed by atoms with Crippen molar-refractivity contribution in [1.29, 1.82) is 0 Å². The number of fused-ring (bicyclic) bond motifs is 1. The summed E-state index contributed by atoms with van der Waals surface area (Å²) in [6.07, 6.45) is 1.18. The minimum Gasteiger partial charge on any atom is -0.222 e. The van der Waals surface area contributed by atoms with E-state index in [2.05, 4.69) is 67.0 Å². The van der Waals surface area contributed by atoms with Crippen LogP contribution in [-0.2, 0) is 5.41 Å². The van der Waals surface area contributed by atoms with Crippen LogP contribution in [-0.4, -0.2) is 16.8 Å². The summed E-state index contributed by atoms with van der Waals surface area (Å²) in [7, 11) is 0. The third kappa shape index (κ3) is 2.51. The first-order valence-corrected chi connectivity index (χ1v) is 6.90. The maximum atomic E-state index is 3.32. The summed E-state index contributed by atoms with van der Waals surface area (Å²) in [5, 5.41) is 0. The number of benzene rings is 1. The third-order valence-electron chi connectivity index (χ3n) is 3.60. The van der Waals surface area contributed by atoms with Crippen molar-refractivity contribution in [2.75, 3.05) is 6.54 Å². The molecule has 0 bridgehead atoms. The Bertz CT molecular complexity index is 463. The van der Waals surface area contributed by atoms with E-state index in [1.165, 1.54) is 27.0 Å². The predicted molar refractivity (Wildman–Crippen MR) is 76.8 cm³/mol. The van der Waals surface area contributed by atoms with Crippen LogP contribution in [0, 0.1) is 9.64 Å². The summed E-state index contributed by atoms with van der Waals surface area (Å²) in [6, 6.07) is 7.56. The molecule has 0 N–H and O–H groups in total. The fourth-order valence-corrected chi connectivity index (χ4v) is 3.62. The van der Waals surface area contributed by atoms with Crippen LogP contribution in [0.15, 0.2) is 12.1 Å². The molecule has 86 valence electrons. The Morgan fingerprint density at radius 1 is 1.41 bits per heavy atom. The van der Waals surface area contributed by atoms with Gasteiger partial charge in [0.25, 0.3) is 0 Å². The molecule has 0 unspecified atom stereocenters. The van der Waals surface area contributed by atoms with E-state index >= 15 is 0 Å². The van der Waals surface area contributed by atoms with Gasteiger partial charge in [0.05, 0.1) is 0 Å². The zero-order valence-corrected chi connectivity index (χ0v) is 15.6. The fourth-order valence-electron chi connectivity index (χ4n) is 2.49. The maximum Gasteiger partial charge on any atom is 1.00 e. The summed E-state index contributed by atoms with van der Waals surface area (Å²) in [5.74, 6) is 0. The molecule has 1 aliphatic heterocycles. The van der Waals surface area contributed by atoms with Crippen molar-refractivity contribution in [1.82, 2.24) is 0 Å². The predicted octanol–water partition coefficient (Wildman–Crippen LogP) is 0.901. The SMILES string of the molecule is CCC[N+]1=C(C)C(C)(C)c2c([131I])[c-]ccc21.[Na+]. The third-order valence-corrected chi connectivity index (χ3v) is 4.45. The van der Waals surface area contributed by atoms with Crippen molar-refractivity contribution in [2.45, 2.75) is 39.5 Å². The molecule has 1 aromatic rings. The molecule has 0 saturated carbocycles. The monoisotopic (exact) mass is 354 g/mol. The maximum absolute atomic E-state index is 3.32. The van der Waals surface area contributed by atoms with Crippen LogP contribution in [0.4, 0.5) is 5.69 Å². The van der Waals surface area contributed by atoms with Gasteiger partial charge in [0.1, 0.15) is 12.2 Å². The largest absolute Gasteiger partial charge is 1.00 e. The van der Waals surface area contributed by atoms with Gasteiger partial charge in [0.2, 0.25) is 0 Å². The summed E-state index contributed by atoms with van der Waals surface area (Å²) in [4.78, 5) is 0. The van der Waals surface area contributed by atoms with Gasteiger partial charge < -0.3 is 0 Å². The van der Waals surface area contributed by atoms with Crippen molar-refractivity contribution >= 4 is 34.0 Å². The van der Waals surface area contributed by atoms with Gasteiger partial charge in [-0.15, -0.1) is 6.07 Å². The first-order valence-electron chi connectivity index (χ1n) is 5.82. The van der Waals surface area contributed by atoms with Gasteiger partial charge in [-0.3, -0.25) is 0 Å². The van der Waals surface area contributed by atoms with Crippen LogP contribution in [0.2, 0.25) is 0 Å². The zero-order valence-electron chi connectivity index (χ0n) is 11.4. The Morgan fingerprint density at radius 3 is 2.65 bits per heavy atom. The topological polar surface area (TPSA) is 3.01 Å². The average Bonchev–Trinajstić information content (AvgIpc) is 2.41. The van der Waals surface area contributed by atoms with Crippen LogP contribution >= 0.6 is 22.6 Å². The van der Waals surface area contributed by atoms with Gasteiger partial charge in [-0.05, 0) is 0 Å². The van der Waals surface area contributed by atoms with E-state index in [4.69, 9.17) is 0 Å². The quantitative estimate of drug-likeness (QED) is 0.321. The summed E-state index contributed by atoms with van der Waals surface area (Å²) in [6.45, 7) is 10.2. The first-order chi connectivity index (χ1) is 7.50. The number of hydrogen-bond donors (Lipinski definition) is 0. The number of hydrogen-bond acceptors (Lipinski definition) is 0. The first kappa shape index (κ1) is 15.7. The summed E-state index contributed by atoms with van der Waals surface area (Å²) >= 11 is 2.40. The van der Waals surface area contributed by atoms with E-state index < -0.39 is 0 Å². The molecule has 1 nitrogen and oxygen atoms in total. The number of halogens is 1. The van der Waals surface area contributed by atoms with E-state index in [-0.39, 0.29) is 35.0 Å². The van der Waals surface area contributed by atoms with Gasteiger partial charge in [0.15, 0.2) is 5.71 Å². The molecule has 0 spiro atoms. The van der Waals surface area contributed by atoms with Crippen molar-refractivity contribution in [3.8, 4) is 0 Å². The second-order valence-electron chi connectivity index (χ2n) is 4.91. The Balaban J connectivity index is 0.00000144. The van der Waals surface area contributed by atoms with Crippen LogP contribution in [0.1, 0.15) is 39.7 Å². The summed E-state index contributed by atoms with van der Waals surface area (Å²) in [5.41, 5.74) is 4.44. The zero-order chi connectivity index (χ0) is 11.9. The molecule has 0 aliphatic carbocycles. The van der Waals surface area contributed by atoms with E-state index in [1.807, 2.05) is 6.07 Å². The van der Waals surface area contributed by atoms with E-state index in [0.29, 0.717) is 0 Å². The molecule has 1 aliphatic rings. The summed E-state index contributed by atoms with van der Waals surface area (Å²) < 4.78 is 3.73. The molecule has 0 radical (unpaired) electrons. The normalized spacial score (nSPS) is 16.8. The minimum absolute atomic E-state index is 0. The number of rotatable bonds is 2. The Kier molecular flexibility index (Phi) is 5.28. The molecule has 17 heavy (non-hydrogen) atoms. The van der Waals surface area contributed by atoms with Gasteiger partial charge in [-0.25, -0.2) is 4.58 Å². The van der Waals surface area contributed by atoms with Crippen LogP contribution < -0.4 is 29.6 Å².